The highest BCUT2D eigenvalue weighted by Crippen LogP contribution is 2.36. The van der Waals surface area contributed by atoms with Crippen molar-refractivity contribution >= 4 is 24.6 Å². The molecule has 1 aromatic carbocycles. The molecule has 5 nitrogen and oxygen atoms in total. The van der Waals surface area contributed by atoms with Gasteiger partial charge >= 0.3 is 13.1 Å². The molecule has 6 heteroatoms. The quantitative estimate of drug-likeness (QED) is 0.471. The lowest BCUT2D eigenvalue weighted by molar-refractivity contribution is 0.00578. The van der Waals surface area contributed by atoms with Gasteiger partial charge in [0.25, 0.3) is 0 Å². The maximum Gasteiger partial charge on any atom is 0.494 e. The Morgan fingerprint density at radius 3 is 2.38 bits per heavy atom. The first-order chi connectivity index (χ1) is 11.2. The minimum Gasteiger partial charge on any atom is -0.501 e. The van der Waals surface area contributed by atoms with Crippen LogP contribution in [-0.4, -0.2) is 38.0 Å². The van der Waals surface area contributed by atoms with E-state index in [1.165, 1.54) is 7.11 Å². The summed E-state index contributed by atoms with van der Waals surface area (Å²) in [7, 11) is 0.836. The average Bonchev–Trinajstić information content (AvgIpc) is 2.75. The summed E-state index contributed by atoms with van der Waals surface area (Å²) >= 11 is 0. The van der Waals surface area contributed by atoms with Gasteiger partial charge in [0.05, 0.1) is 36.7 Å². The summed E-state index contributed by atoms with van der Waals surface area (Å²) in [5, 5.41) is 0. The van der Waals surface area contributed by atoms with Gasteiger partial charge < -0.3 is 18.8 Å². The van der Waals surface area contributed by atoms with Gasteiger partial charge in [-0.25, -0.2) is 4.79 Å². The zero-order chi connectivity index (χ0) is 18.0. The molecular formula is C18H25BO5. The van der Waals surface area contributed by atoms with Crippen molar-refractivity contribution in [1.29, 1.82) is 0 Å². The number of rotatable bonds is 5. The summed E-state index contributed by atoms with van der Waals surface area (Å²) in [5.74, 6) is -0.412. The highest BCUT2D eigenvalue weighted by atomic mass is 16.7. The average molecular weight is 332 g/mol. The molecule has 0 radical (unpaired) electrons. The summed E-state index contributed by atoms with van der Waals surface area (Å²) in [6.45, 7) is 10.4. The molecule has 1 aliphatic heterocycles. The third kappa shape index (κ3) is 3.65. The van der Waals surface area contributed by atoms with Crippen LogP contribution < -0.4 is 5.46 Å². The second-order valence-electron chi connectivity index (χ2n) is 6.68. The van der Waals surface area contributed by atoms with Gasteiger partial charge in [0.2, 0.25) is 0 Å². The molecule has 0 aromatic heterocycles. The highest BCUT2D eigenvalue weighted by Gasteiger charge is 2.51. The van der Waals surface area contributed by atoms with Crippen molar-refractivity contribution in [2.24, 2.45) is 0 Å². The second-order valence-corrected chi connectivity index (χ2v) is 6.68. The monoisotopic (exact) mass is 332 g/mol. The fraction of sp³-hybridized carbons (Fsp3) is 0.500. The van der Waals surface area contributed by atoms with Crippen LogP contribution >= 0.6 is 0 Å². The summed E-state index contributed by atoms with van der Waals surface area (Å²) in [4.78, 5) is 12.1. The highest BCUT2D eigenvalue weighted by molar-refractivity contribution is 6.62. The van der Waals surface area contributed by atoms with Gasteiger partial charge in [-0.05, 0) is 57.8 Å². The normalized spacial score (nSPS) is 18.8. The lowest BCUT2D eigenvalue weighted by atomic mass is 9.77. The standard InChI is InChI=1S/C18H25BO5/c1-7-22-11-10-13-8-9-14(12-15(13)16(20)21-6)19-23-17(2,3)18(4,5)24-19/h8-12H,7H2,1-6H3/b11-10+. The Morgan fingerprint density at radius 2 is 1.83 bits per heavy atom. The smallest absolute Gasteiger partial charge is 0.494 e. The first-order valence-corrected chi connectivity index (χ1v) is 8.08. The SMILES string of the molecule is CCO/C=C/c1ccc(B2OC(C)(C)C(C)(C)O2)cc1C(=O)OC. The lowest BCUT2D eigenvalue weighted by Crippen LogP contribution is -2.41. The molecule has 0 aliphatic carbocycles. The van der Waals surface area contributed by atoms with E-state index in [9.17, 15) is 4.79 Å². The van der Waals surface area contributed by atoms with Crippen LogP contribution in [0.25, 0.3) is 6.08 Å². The Balaban J connectivity index is 2.35. The number of hydrogen-bond donors (Lipinski definition) is 0. The van der Waals surface area contributed by atoms with Crippen molar-refractivity contribution in [1.82, 2.24) is 0 Å². The van der Waals surface area contributed by atoms with E-state index < -0.39 is 24.3 Å². The molecule has 0 amide bonds. The van der Waals surface area contributed by atoms with E-state index in [2.05, 4.69) is 0 Å². The topological polar surface area (TPSA) is 54.0 Å². The number of hydrogen-bond acceptors (Lipinski definition) is 5. The van der Waals surface area contributed by atoms with E-state index in [4.69, 9.17) is 18.8 Å². The van der Waals surface area contributed by atoms with Crippen LogP contribution in [0.3, 0.4) is 0 Å². The fourth-order valence-corrected chi connectivity index (χ4v) is 2.35. The minimum atomic E-state index is -0.525. The van der Waals surface area contributed by atoms with Crippen molar-refractivity contribution in [3.8, 4) is 0 Å². The molecule has 1 aromatic rings. The lowest BCUT2D eigenvalue weighted by Gasteiger charge is -2.32. The molecule has 0 spiro atoms. The zero-order valence-electron chi connectivity index (χ0n) is 15.2. The molecule has 1 heterocycles. The predicted molar refractivity (Wildman–Crippen MR) is 94.2 cm³/mol. The summed E-state index contributed by atoms with van der Waals surface area (Å²) in [6, 6.07) is 5.47. The van der Waals surface area contributed by atoms with Crippen molar-refractivity contribution in [3.63, 3.8) is 0 Å². The van der Waals surface area contributed by atoms with Crippen LogP contribution in [0.15, 0.2) is 24.5 Å². The van der Waals surface area contributed by atoms with Crippen molar-refractivity contribution in [2.45, 2.75) is 45.8 Å². The zero-order valence-corrected chi connectivity index (χ0v) is 15.2. The molecule has 0 unspecified atom stereocenters. The van der Waals surface area contributed by atoms with Crippen LogP contribution in [0.4, 0.5) is 0 Å². The molecule has 24 heavy (non-hydrogen) atoms. The number of methoxy groups -OCH3 is 1. The van der Waals surface area contributed by atoms with Gasteiger partial charge in [0, 0.05) is 0 Å². The largest absolute Gasteiger partial charge is 0.501 e. The van der Waals surface area contributed by atoms with Crippen LogP contribution in [0, 0.1) is 0 Å². The maximum absolute atomic E-state index is 12.1. The number of esters is 1. The van der Waals surface area contributed by atoms with Gasteiger partial charge in [0.15, 0.2) is 0 Å². The Labute approximate surface area is 144 Å². The molecule has 1 fully saturated rings. The van der Waals surface area contributed by atoms with Crippen molar-refractivity contribution in [2.75, 3.05) is 13.7 Å². The first kappa shape index (κ1) is 18.6. The molecular weight excluding hydrogens is 307 g/mol. The summed E-state index contributed by atoms with van der Waals surface area (Å²) < 4.78 is 22.2. The molecule has 0 N–H and O–H groups in total. The van der Waals surface area contributed by atoms with Gasteiger partial charge in [-0.2, -0.15) is 0 Å². The van der Waals surface area contributed by atoms with Crippen LogP contribution in [0.2, 0.25) is 0 Å². The minimum absolute atomic E-state index is 0.412. The van der Waals surface area contributed by atoms with Crippen molar-refractivity contribution in [3.05, 3.63) is 35.6 Å². The Kier molecular flexibility index (Phi) is 5.40. The predicted octanol–water partition coefficient (Wildman–Crippen LogP) is 2.78. The molecule has 1 saturated heterocycles. The first-order valence-electron chi connectivity index (χ1n) is 8.08. The third-order valence-corrected chi connectivity index (χ3v) is 4.52. The Morgan fingerprint density at radius 1 is 1.21 bits per heavy atom. The van der Waals surface area contributed by atoms with Crippen LogP contribution in [0.5, 0.6) is 0 Å². The number of carbonyl (C=O) groups excluding carboxylic acids is 1. The summed E-state index contributed by atoms with van der Waals surface area (Å²) in [6.07, 6.45) is 3.31. The maximum atomic E-state index is 12.1. The molecule has 1 aliphatic rings. The van der Waals surface area contributed by atoms with E-state index in [0.29, 0.717) is 12.2 Å². The Bertz CT molecular complexity index is 620. The molecule has 0 saturated carbocycles. The number of benzene rings is 1. The van der Waals surface area contributed by atoms with E-state index in [1.807, 2.05) is 46.8 Å². The van der Waals surface area contributed by atoms with E-state index >= 15 is 0 Å². The van der Waals surface area contributed by atoms with Gasteiger partial charge in [-0.3, -0.25) is 0 Å². The molecule has 130 valence electrons. The fourth-order valence-electron chi connectivity index (χ4n) is 2.35. The van der Waals surface area contributed by atoms with E-state index in [0.717, 1.165) is 11.0 Å². The third-order valence-electron chi connectivity index (χ3n) is 4.52. The van der Waals surface area contributed by atoms with Crippen LogP contribution in [-0.2, 0) is 18.8 Å². The molecule has 0 bridgehead atoms. The molecule has 2 rings (SSSR count). The van der Waals surface area contributed by atoms with Gasteiger partial charge in [-0.1, -0.05) is 12.1 Å². The Hall–Kier alpha value is -1.79. The number of carbonyl (C=O) groups is 1. The van der Waals surface area contributed by atoms with E-state index in [1.54, 1.807) is 18.4 Å². The van der Waals surface area contributed by atoms with Crippen molar-refractivity contribution < 1.29 is 23.6 Å². The molecule has 0 atom stereocenters. The second kappa shape index (κ2) is 6.99. The summed E-state index contributed by atoms with van der Waals surface area (Å²) in [5.41, 5.74) is 1.08. The van der Waals surface area contributed by atoms with Gasteiger partial charge in [0.1, 0.15) is 0 Å². The van der Waals surface area contributed by atoms with Crippen LogP contribution in [0.1, 0.15) is 50.5 Å². The van der Waals surface area contributed by atoms with Gasteiger partial charge in [-0.15, -0.1) is 0 Å². The number of ether oxygens (including phenoxy) is 2. The van der Waals surface area contributed by atoms with E-state index in [-0.39, 0.29) is 0 Å².